The lowest BCUT2D eigenvalue weighted by Gasteiger charge is -2.42. The van der Waals surface area contributed by atoms with Gasteiger partial charge in [-0.05, 0) is 44.8 Å². The lowest BCUT2D eigenvalue weighted by atomic mass is 9.97. The summed E-state index contributed by atoms with van der Waals surface area (Å²) >= 11 is 0. The quantitative estimate of drug-likeness (QED) is 0.103. The summed E-state index contributed by atoms with van der Waals surface area (Å²) in [5, 5.41) is 41.3. The van der Waals surface area contributed by atoms with Gasteiger partial charge in [0.25, 0.3) is 0 Å². The van der Waals surface area contributed by atoms with Crippen molar-refractivity contribution in [2.45, 2.75) is 101 Å². The van der Waals surface area contributed by atoms with Crippen LogP contribution in [0.5, 0.6) is 0 Å². The van der Waals surface area contributed by atoms with E-state index in [1.54, 1.807) is 0 Å². The molecule has 1 aliphatic heterocycles. The van der Waals surface area contributed by atoms with E-state index in [9.17, 15) is 29.7 Å². The number of aliphatic hydroxyl groups excluding tert-OH is 3. The van der Waals surface area contributed by atoms with E-state index >= 15 is 0 Å². The Morgan fingerprint density at radius 3 is 2.33 bits per heavy atom. The molecule has 1 aliphatic rings. The second-order valence-electron chi connectivity index (χ2n) is 10.7. The van der Waals surface area contributed by atoms with Gasteiger partial charge in [0.1, 0.15) is 30.4 Å². The van der Waals surface area contributed by atoms with Crippen molar-refractivity contribution in [3.8, 4) is 0 Å². The van der Waals surface area contributed by atoms with E-state index in [-0.39, 0.29) is 18.4 Å². The number of hydrogen-bond donors (Lipinski definition) is 7. The molecule has 1 aromatic carbocycles. The molecule has 0 bridgehead atoms. The summed E-state index contributed by atoms with van der Waals surface area (Å²) in [6, 6.07) is 8.01. The van der Waals surface area contributed by atoms with Gasteiger partial charge in [0, 0.05) is 32.9 Å². The molecular formula is C30H50N4O8. The van der Waals surface area contributed by atoms with Crippen molar-refractivity contribution in [1.29, 1.82) is 0 Å². The summed E-state index contributed by atoms with van der Waals surface area (Å²) in [4.78, 5) is 37.0. The number of carbonyl (C=O) groups is 3. The van der Waals surface area contributed by atoms with E-state index in [0.717, 1.165) is 50.6 Å². The van der Waals surface area contributed by atoms with E-state index in [2.05, 4.69) is 21.3 Å². The van der Waals surface area contributed by atoms with Crippen LogP contribution in [0.25, 0.3) is 0 Å². The molecule has 6 atom stereocenters. The van der Waals surface area contributed by atoms with Gasteiger partial charge in [-0.25, -0.2) is 0 Å². The minimum Gasteiger partial charge on any atom is -0.394 e. The maximum atomic E-state index is 13.0. The Bertz CT molecular complexity index is 922. The van der Waals surface area contributed by atoms with E-state index in [4.69, 9.17) is 9.47 Å². The molecule has 238 valence electrons. The highest BCUT2D eigenvalue weighted by Crippen LogP contribution is 2.22. The topological polar surface area (TPSA) is 178 Å². The van der Waals surface area contributed by atoms with Crippen LogP contribution in [0.15, 0.2) is 30.3 Å². The van der Waals surface area contributed by atoms with Crippen molar-refractivity contribution < 1.29 is 39.2 Å². The molecule has 3 amide bonds. The first-order valence-corrected chi connectivity index (χ1v) is 15.0. The molecule has 0 radical (unpaired) electrons. The SMILES string of the molecule is CNCCCCCC(=O)N[C@@H](Cc1ccccc1)C(=O)NCCCCCCO[C@@H]1OC(CO)[C@@H](O)[C@H](O)C1NC(C)=O. The van der Waals surface area contributed by atoms with Crippen LogP contribution in [0.4, 0.5) is 0 Å². The molecule has 0 aromatic heterocycles. The number of nitrogens with one attached hydrogen (secondary N) is 4. The van der Waals surface area contributed by atoms with Crippen LogP contribution in [-0.4, -0.2) is 103 Å². The number of benzene rings is 1. The number of unbranched alkanes of at least 4 members (excludes halogenated alkanes) is 5. The number of carbonyl (C=O) groups excluding carboxylic acids is 3. The van der Waals surface area contributed by atoms with Crippen molar-refractivity contribution in [2.24, 2.45) is 0 Å². The third-order valence-electron chi connectivity index (χ3n) is 7.17. The summed E-state index contributed by atoms with van der Waals surface area (Å²) in [7, 11) is 1.90. The summed E-state index contributed by atoms with van der Waals surface area (Å²) < 4.78 is 11.3. The van der Waals surface area contributed by atoms with Crippen molar-refractivity contribution in [3.05, 3.63) is 35.9 Å². The first-order valence-electron chi connectivity index (χ1n) is 15.0. The maximum absolute atomic E-state index is 13.0. The molecule has 12 heteroatoms. The highest BCUT2D eigenvalue weighted by atomic mass is 16.7. The molecule has 1 fully saturated rings. The molecule has 1 heterocycles. The fourth-order valence-electron chi connectivity index (χ4n) is 4.82. The number of aliphatic hydroxyl groups is 3. The summed E-state index contributed by atoms with van der Waals surface area (Å²) in [6.07, 6.45) is 1.88. The van der Waals surface area contributed by atoms with Crippen LogP contribution in [0.2, 0.25) is 0 Å². The summed E-state index contributed by atoms with van der Waals surface area (Å²) in [5.74, 6) is -0.729. The number of ether oxygens (including phenoxy) is 2. The lowest BCUT2D eigenvalue weighted by Crippen LogP contribution is -2.64. The minimum absolute atomic E-state index is 0.120. The predicted molar refractivity (Wildman–Crippen MR) is 157 cm³/mol. The Morgan fingerprint density at radius 1 is 0.952 bits per heavy atom. The van der Waals surface area contributed by atoms with Gasteiger partial charge in [-0.15, -0.1) is 0 Å². The van der Waals surface area contributed by atoms with Gasteiger partial charge >= 0.3 is 0 Å². The molecule has 2 unspecified atom stereocenters. The van der Waals surface area contributed by atoms with Gasteiger partial charge in [-0.1, -0.05) is 49.6 Å². The largest absolute Gasteiger partial charge is 0.394 e. The van der Waals surface area contributed by atoms with Crippen LogP contribution in [-0.2, 0) is 30.3 Å². The molecule has 12 nitrogen and oxygen atoms in total. The van der Waals surface area contributed by atoms with Crippen molar-refractivity contribution in [1.82, 2.24) is 21.3 Å². The summed E-state index contributed by atoms with van der Waals surface area (Å²) in [5.41, 5.74) is 0.974. The van der Waals surface area contributed by atoms with Gasteiger partial charge < -0.3 is 46.1 Å². The number of hydrogen-bond acceptors (Lipinski definition) is 9. The van der Waals surface area contributed by atoms with E-state index in [1.165, 1.54) is 6.92 Å². The molecule has 42 heavy (non-hydrogen) atoms. The number of rotatable bonds is 20. The van der Waals surface area contributed by atoms with Crippen molar-refractivity contribution in [3.63, 3.8) is 0 Å². The van der Waals surface area contributed by atoms with Crippen LogP contribution in [0.3, 0.4) is 0 Å². The average Bonchev–Trinajstić information content (AvgIpc) is 2.97. The van der Waals surface area contributed by atoms with E-state index in [0.29, 0.717) is 25.8 Å². The zero-order valence-electron chi connectivity index (χ0n) is 24.9. The monoisotopic (exact) mass is 594 g/mol. The standard InChI is InChI=1S/C30H50N4O8/c1-21(36)33-26-28(39)27(38)24(20-35)42-30(26)41-18-12-4-3-11-17-32-29(40)23(19-22-13-7-5-8-14-22)34-25(37)15-9-6-10-16-31-2/h5,7-8,13-14,23-24,26-28,30-31,35,38-39H,3-4,6,9-12,15-20H2,1-2H3,(H,32,40)(H,33,36)(H,34,37)/t23-,24?,26?,27+,28+,30+/m0/s1. The number of amides is 3. The van der Waals surface area contributed by atoms with Crippen LogP contribution >= 0.6 is 0 Å². The van der Waals surface area contributed by atoms with Gasteiger partial charge in [-0.2, -0.15) is 0 Å². The fraction of sp³-hybridized carbons (Fsp3) is 0.700. The normalized spacial score (nSPS) is 22.7. The smallest absolute Gasteiger partial charge is 0.242 e. The molecule has 2 rings (SSSR count). The molecule has 1 aromatic rings. The van der Waals surface area contributed by atoms with Crippen LogP contribution in [0.1, 0.15) is 63.9 Å². The maximum Gasteiger partial charge on any atom is 0.242 e. The second kappa shape index (κ2) is 20.3. The Labute approximate surface area is 248 Å². The van der Waals surface area contributed by atoms with Crippen LogP contribution in [0, 0.1) is 0 Å². The van der Waals surface area contributed by atoms with Gasteiger partial charge in [0.05, 0.1) is 6.61 Å². The van der Waals surface area contributed by atoms with E-state index < -0.39 is 49.2 Å². The third-order valence-corrected chi connectivity index (χ3v) is 7.17. The Morgan fingerprint density at radius 2 is 1.64 bits per heavy atom. The lowest BCUT2D eigenvalue weighted by molar-refractivity contribution is -0.270. The van der Waals surface area contributed by atoms with Crippen LogP contribution < -0.4 is 21.3 Å². The second-order valence-corrected chi connectivity index (χ2v) is 10.7. The minimum atomic E-state index is -1.35. The fourth-order valence-corrected chi connectivity index (χ4v) is 4.82. The molecule has 0 spiro atoms. The summed E-state index contributed by atoms with van der Waals surface area (Å²) in [6.45, 7) is 2.47. The first-order chi connectivity index (χ1) is 20.3. The highest BCUT2D eigenvalue weighted by Gasteiger charge is 2.45. The Balaban J connectivity index is 1.72. The first kappa shape index (κ1) is 35.6. The van der Waals surface area contributed by atoms with E-state index in [1.807, 2.05) is 37.4 Å². The highest BCUT2D eigenvalue weighted by molar-refractivity contribution is 5.87. The van der Waals surface area contributed by atoms with Gasteiger partial charge in [0.2, 0.25) is 17.7 Å². The molecule has 0 saturated carbocycles. The Kier molecular flexibility index (Phi) is 17.2. The predicted octanol–water partition coefficient (Wildman–Crippen LogP) is 0.131. The van der Waals surface area contributed by atoms with Crippen molar-refractivity contribution >= 4 is 17.7 Å². The zero-order chi connectivity index (χ0) is 30.7. The third kappa shape index (κ3) is 13.1. The molecular weight excluding hydrogens is 544 g/mol. The zero-order valence-corrected chi connectivity index (χ0v) is 24.9. The molecule has 1 saturated heterocycles. The molecule has 0 aliphatic carbocycles. The Hall–Kier alpha value is -2.61. The van der Waals surface area contributed by atoms with Crippen molar-refractivity contribution in [2.75, 3.05) is 33.4 Å². The van der Waals surface area contributed by atoms with Gasteiger partial charge in [-0.3, -0.25) is 14.4 Å². The van der Waals surface area contributed by atoms with Gasteiger partial charge in [0.15, 0.2) is 6.29 Å². The average molecular weight is 595 g/mol. The molecule has 7 N–H and O–H groups in total.